The number of hydrogen-bond donors (Lipinski definition) is 1. The number of benzene rings is 2. The molecule has 4 aromatic rings. The summed E-state index contributed by atoms with van der Waals surface area (Å²) in [5.41, 5.74) is 7.41. The van der Waals surface area contributed by atoms with Crippen molar-refractivity contribution in [2.75, 3.05) is 23.9 Å². The molecule has 1 aliphatic heterocycles. The number of hydrogen-bond acceptors (Lipinski definition) is 3. The number of aryl methyl sites for hydroxylation is 1. The smallest absolute Gasteiger partial charge is 0.174 e. The molecule has 1 saturated heterocycles. The van der Waals surface area contributed by atoms with Crippen LogP contribution in [0.5, 0.6) is 0 Å². The van der Waals surface area contributed by atoms with Gasteiger partial charge in [0.1, 0.15) is 5.82 Å². The first-order valence-electron chi connectivity index (χ1n) is 11.6. The number of halogens is 1. The zero-order valence-electron chi connectivity index (χ0n) is 20.2. The lowest BCUT2D eigenvalue weighted by Crippen LogP contribution is -2.29. The van der Waals surface area contributed by atoms with Crippen molar-refractivity contribution in [3.05, 3.63) is 107 Å². The Morgan fingerprint density at radius 1 is 0.943 bits per heavy atom. The van der Waals surface area contributed by atoms with E-state index in [9.17, 15) is 4.39 Å². The number of aromatic nitrogens is 2. The molecular formula is C28H28FN5S. The molecular weight excluding hydrogens is 457 g/mol. The van der Waals surface area contributed by atoms with Gasteiger partial charge in [-0.15, -0.1) is 0 Å². The molecule has 0 spiro atoms. The number of nitrogens with zero attached hydrogens (tertiary/aromatic N) is 4. The SMILES string of the molecule is Cc1cc([C@H]2[C@@H](c3ccccn3)NC(=S)N2c2ccc(F)cc2)c(C)n1-c1ccc(N(C)C)cc1. The molecule has 2 aromatic carbocycles. The second kappa shape index (κ2) is 9.15. The van der Waals surface area contributed by atoms with Gasteiger partial charge in [0, 0.05) is 48.7 Å². The molecule has 0 bridgehead atoms. The maximum atomic E-state index is 13.7. The molecule has 3 heterocycles. The van der Waals surface area contributed by atoms with E-state index in [1.54, 1.807) is 18.3 Å². The summed E-state index contributed by atoms with van der Waals surface area (Å²) in [6.45, 7) is 4.26. The number of nitrogens with one attached hydrogen (secondary N) is 1. The Labute approximate surface area is 210 Å². The average molecular weight is 486 g/mol. The summed E-state index contributed by atoms with van der Waals surface area (Å²) in [6.07, 6.45) is 1.80. The lowest BCUT2D eigenvalue weighted by molar-refractivity contribution is 0.565. The molecule has 178 valence electrons. The van der Waals surface area contributed by atoms with Crippen LogP contribution in [-0.4, -0.2) is 28.8 Å². The fourth-order valence-corrected chi connectivity index (χ4v) is 5.28. The minimum Gasteiger partial charge on any atom is -0.378 e. The van der Waals surface area contributed by atoms with E-state index < -0.39 is 0 Å². The topological polar surface area (TPSA) is 36.3 Å². The second-order valence-electron chi connectivity index (χ2n) is 9.05. The third-order valence-electron chi connectivity index (χ3n) is 6.62. The van der Waals surface area contributed by atoms with Crippen LogP contribution in [0.25, 0.3) is 5.69 Å². The minimum atomic E-state index is -0.274. The highest BCUT2D eigenvalue weighted by atomic mass is 32.1. The molecule has 35 heavy (non-hydrogen) atoms. The maximum Gasteiger partial charge on any atom is 0.174 e. The predicted molar refractivity (Wildman–Crippen MR) is 144 cm³/mol. The quantitative estimate of drug-likeness (QED) is 0.358. The molecule has 2 atom stereocenters. The Morgan fingerprint density at radius 2 is 1.63 bits per heavy atom. The van der Waals surface area contributed by atoms with Crippen LogP contribution >= 0.6 is 12.2 Å². The number of rotatable bonds is 5. The molecule has 7 heteroatoms. The van der Waals surface area contributed by atoms with E-state index in [4.69, 9.17) is 12.2 Å². The van der Waals surface area contributed by atoms with Crippen LogP contribution < -0.4 is 15.1 Å². The Bertz CT molecular complexity index is 1350. The van der Waals surface area contributed by atoms with Crippen molar-refractivity contribution in [3.63, 3.8) is 0 Å². The van der Waals surface area contributed by atoms with Crippen LogP contribution in [0, 0.1) is 19.7 Å². The summed E-state index contributed by atoms with van der Waals surface area (Å²) in [7, 11) is 4.08. The first kappa shape index (κ1) is 23.1. The van der Waals surface area contributed by atoms with Crippen molar-refractivity contribution in [2.45, 2.75) is 25.9 Å². The van der Waals surface area contributed by atoms with Crippen molar-refractivity contribution in [2.24, 2.45) is 0 Å². The molecule has 0 amide bonds. The van der Waals surface area contributed by atoms with Gasteiger partial charge in [-0.05, 0) is 98.4 Å². The van der Waals surface area contributed by atoms with Crippen LogP contribution in [0.3, 0.4) is 0 Å². The van der Waals surface area contributed by atoms with Gasteiger partial charge in [-0.1, -0.05) is 6.07 Å². The molecule has 0 aliphatic carbocycles. The monoisotopic (exact) mass is 485 g/mol. The van der Waals surface area contributed by atoms with Gasteiger partial charge in [-0.2, -0.15) is 0 Å². The van der Waals surface area contributed by atoms with Gasteiger partial charge in [-0.25, -0.2) is 4.39 Å². The average Bonchev–Trinajstić information content (AvgIpc) is 3.35. The van der Waals surface area contributed by atoms with Gasteiger partial charge in [-0.3, -0.25) is 4.98 Å². The molecule has 0 unspecified atom stereocenters. The highest BCUT2D eigenvalue weighted by Crippen LogP contribution is 2.43. The van der Waals surface area contributed by atoms with Crippen LogP contribution in [-0.2, 0) is 0 Å². The van der Waals surface area contributed by atoms with Crippen LogP contribution in [0.15, 0.2) is 79.0 Å². The van der Waals surface area contributed by atoms with Gasteiger partial charge in [0.05, 0.1) is 17.8 Å². The fourth-order valence-electron chi connectivity index (χ4n) is 4.93. The summed E-state index contributed by atoms with van der Waals surface area (Å²) in [5, 5.41) is 4.08. The Kier molecular flexibility index (Phi) is 6.03. The third-order valence-corrected chi connectivity index (χ3v) is 6.93. The van der Waals surface area contributed by atoms with Gasteiger partial charge < -0.3 is 19.7 Å². The van der Waals surface area contributed by atoms with Gasteiger partial charge in [0.25, 0.3) is 0 Å². The zero-order valence-corrected chi connectivity index (χ0v) is 21.1. The summed E-state index contributed by atoms with van der Waals surface area (Å²) < 4.78 is 16.0. The van der Waals surface area contributed by atoms with Crippen LogP contribution in [0.4, 0.5) is 15.8 Å². The Morgan fingerprint density at radius 3 is 2.26 bits per heavy atom. The second-order valence-corrected chi connectivity index (χ2v) is 9.43. The molecule has 5 nitrogen and oxygen atoms in total. The van der Waals surface area contributed by atoms with Crippen molar-refractivity contribution < 1.29 is 4.39 Å². The van der Waals surface area contributed by atoms with Gasteiger partial charge in [0.15, 0.2) is 5.11 Å². The fraction of sp³-hybridized carbons (Fsp3) is 0.214. The van der Waals surface area contributed by atoms with E-state index in [2.05, 4.69) is 68.8 Å². The van der Waals surface area contributed by atoms with Gasteiger partial charge >= 0.3 is 0 Å². The number of thiocarbonyl (C=S) groups is 1. The van der Waals surface area contributed by atoms with Crippen LogP contribution in [0.1, 0.15) is 34.7 Å². The first-order valence-corrected chi connectivity index (χ1v) is 12.0. The largest absolute Gasteiger partial charge is 0.378 e. The molecule has 0 radical (unpaired) electrons. The molecule has 2 aromatic heterocycles. The summed E-state index contributed by atoms with van der Waals surface area (Å²) in [6, 6.07) is 22.9. The van der Waals surface area contributed by atoms with E-state index in [1.165, 1.54) is 12.1 Å². The van der Waals surface area contributed by atoms with E-state index in [0.29, 0.717) is 5.11 Å². The van der Waals surface area contributed by atoms with E-state index in [-0.39, 0.29) is 17.9 Å². The Hall–Kier alpha value is -3.71. The molecule has 1 fully saturated rings. The lowest BCUT2D eigenvalue weighted by atomic mass is 9.96. The van der Waals surface area contributed by atoms with Crippen molar-refractivity contribution >= 4 is 28.7 Å². The molecule has 0 saturated carbocycles. The van der Waals surface area contributed by atoms with E-state index >= 15 is 0 Å². The molecule has 1 aliphatic rings. The number of anilines is 2. The Balaban J connectivity index is 1.64. The summed E-state index contributed by atoms with van der Waals surface area (Å²) in [4.78, 5) is 8.81. The van der Waals surface area contributed by atoms with E-state index in [1.807, 2.05) is 32.3 Å². The van der Waals surface area contributed by atoms with E-state index in [0.717, 1.165) is 39.7 Å². The minimum absolute atomic E-state index is 0.149. The van der Waals surface area contributed by atoms with Crippen molar-refractivity contribution in [1.29, 1.82) is 0 Å². The molecule has 5 rings (SSSR count). The third kappa shape index (κ3) is 4.17. The predicted octanol–water partition coefficient (Wildman–Crippen LogP) is 5.87. The van der Waals surface area contributed by atoms with Crippen molar-refractivity contribution in [3.8, 4) is 5.69 Å². The zero-order chi connectivity index (χ0) is 24.7. The lowest BCUT2D eigenvalue weighted by Gasteiger charge is -2.28. The summed E-state index contributed by atoms with van der Waals surface area (Å²) in [5.74, 6) is -0.274. The summed E-state index contributed by atoms with van der Waals surface area (Å²) >= 11 is 5.81. The number of pyridine rings is 1. The van der Waals surface area contributed by atoms with Crippen LogP contribution in [0.2, 0.25) is 0 Å². The molecule has 1 N–H and O–H groups in total. The first-order chi connectivity index (χ1) is 16.8. The highest BCUT2D eigenvalue weighted by molar-refractivity contribution is 7.80. The van der Waals surface area contributed by atoms with Gasteiger partial charge in [0.2, 0.25) is 0 Å². The standard InChI is InChI=1S/C28H28FN5S/c1-18-17-24(19(2)33(18)22-14-12-21(13-15-22)32(3)4)27-26(25-7-5-6-16-30-25)31-28(35)34(27)23-10-8-20(29)9-11-23/h5-17,26-27H,1-4H3,(H,31,35)/t26-,27+/m1/s1. The highest BCUT2D eigenvalue weighted by Gasteiger charge is 2.42. The maximum absolute atomic E-state index is 13.7. The van der Waals surface area contributed by atoms with Crippen molar-refractivity contribution in [1.82, 2.24) is 14.9 Å². The normalized spacial score (nSPS) is 17.5.